The summed E-state index contributed by atoms with van der Waals surface area (Å²) in [6.45, 7) is 4.58. The van der Waals surface area contributed by atoms with Gasteiger partial charge in [0.1, 0.15) is 0 Å². The highest BCUT2D eigenvalue weighted by molar-refractivity contribution is 4.82. The molecular weight excluding hydrogens is 142 g/mol. The first-order valence-corrected chi connectivity index (χ1v) is 4.04. The van der Waals surface area contributed by atoms with Crippen molar-refractivity contribution in [1.82, 2.24) is 5.32 Å². The summed E-state index contributed by atoms with van der Waals surface area (Å²) in [4.78, 5) is 0. The summed E-state index contributed by atoms with van der Waals surface area (Å²) in [6.07, 6.45) is 3.03. The molecule has 0 aliphatic carbocycles. The minimum Gasteiger partial charge on any atom is -0.412 e. The van der Waals surface area contributed by atoms with Gasteiger partial charge in [0.15, 0.2) is 0 Å². The third kappa shape index (κ3) is 3.70. The molecule has 3 heteroatoms. The Kier molecular flexibility index (Phi) is 8.06. The van der Waals surface area contributed by atoms with Gasteiger partial charge in [-0.2, -0.15) is 0 Å². The van der Waals surface area contributed by atoms with Crippen molar-refractivity contribution in [1.29, 1.82) is 0 Å². The SMILES string of the molecule is CCC(CC)(CCO)NC.O. The Morgan fingerprint density at radius 1 is 1.27 bits per heavy atom. The maximum absolute atomic E-state index is 8.76. The van der Waals surface area contributed by atoms with Crippen LogP contribution in [0.1, 0.15) is 33.1 Å². The van der Waals surface area contributed by atoms with E-state index in [9.17, 15) is 0 Å². The predicted molar refractivity (Wildman–Crippen MR) is 47.7 cm³/mol. The minimum atomic E-state index is 0. The molecule has 0 radical (unpaired) electrons. The number of rotatable bonds is 5. The fourth-order valence-corrected chi connectivity index (χ4v) is 1.30. The van der Waals surface area contributed by atoms with Gasteiger partial charge in [0.25, 0.3) is 0 Å². The molecule has 4 N–H and O–H groups in total. The van der Waals surface area contributed by atoms with Gasteiger partial charge < -0.3 is 15.9 Å². The summed E-state index contributed by atoms with van der Waals surface area (Å²) in [5.74, 6) is 0. The van der Waals surface area contributed by atoms with Gasteiger partial charge in [-0.1, -0.05) is 13.8 Å². The molecule has 0 saturated carbocycles. The van der Waals surface area contributed by atoms with Gasteiger partial charge in [-0.25, -0.2) is 0 Å². The molecular formula is C8H21NO2. The maximum atomic E-state index is 8.76. The van der Waals surface area contributed by atoms with Crippen LogP contribution in [0.3, 0.4) is 0 Å². The standard InChI is InChI=1S/C8H19NO.H2O/c1-4-8(5-2,9-3)6-7-10;/h9-10H,4-7H2,1-3H3;1H2. The smallest absolute Gasteiger partial charge is 0.0448 e. The van der Waals surface area contributed by atoms with E-state index in [1.807, 2.05) is 7.05 Å². The molecule has 3 nitrogen and oxygen atoms in total. The van der Waals surface area contributed by atoms with Crippen molar-refractivity contribution in [2.45, 2.75) is 38.6 Å². The summed E-state index contributed by atoms with van der Waals surface area (Å²) in [5.41, 5.74) is 0.175. The normalized spacial score (nSPS) is 10.9. The van der Waals surface area contributed by atoms with Gasteiger partial charge >= 0.3 is 0 Å². The lowest BCUT2D eigenvalue weighted by molar-refractivity contribution is 0.206. The highest BCUT2D eigenvalue weighted by atomic mass is 16.3. The fourth-order valence-electron chi connectivity index (χ4n) is 1.30. The average Bonchev–Trinajstić information content (AvgIpc) is 2.01. The van der Waals surface area contributed by atoms with Crippen LogP contribution in [0.25, 0.3) is 0 Å². The molecule has 0 heterocycles. The lowest BCUT2D eigenvalue weighted by atomic mass is 9.90. The minimum absolute atomic E-state index is 0. The molecule has 0 rings (SSSR count). The van der Waals surface area contributed by atoms with E-state index in [4.69, 9.17) is 5.11 Å². The molecule has 0 atom stereocenters. The molecule has 0 aromatic heterocycles. The van der Waals surface area contributed by atoms with E-state index < -0.39 is 0 Å². The third-order valence-electron chi connectivity index (χ3n) is 2.47. The molecule has 0 bridgehead atoms. The zero-order valence-electron chi connectivity index (χ0n) is 7.78. The summed E-state index contributed by atoms with van der Waals surface area (Å²) in [6, 6.07) is 0. The highest BCUT2D eigenvalue weighted by Crippen LogP contribution is 2.17. The first-order valence-electron chi connectivity index (χ1n) is 4.04. The van der Waals surface area contributed by atoms with E-state index in [1.165, 1.54) is 0 Å². The van der Waals surface area contributed by atoms with Gasteiger partial charge in [0.2, 0.25) is 0 Å². The van der Waals surface area contributed by atoms with Crippen LogP contribution in [0.2, 0.25) is 0 Å². The Bertz CT molecular complexity index is 73.9. The average molecular weight is 163 g/mol. The molecule has 0 saturated heterocycles. The van der Waals surface area contributed by atoms with Gasteiger partial charge in [0, 0.05) is 12.1 Å². The van der Waals surface area contributed by atoms with Crippen LogP contribution in [-0.4, -0.2) is 29.8 Å². The van der Waals surface area contributed by atoms with E-state index in [1.54, 1.807) is 0 Å². The molecule has 0 aliphatic rings. The topological polar surface area (TPSA) is 63.8 Å². The fraction of sp³-hybridized carbons (Fsp3) is 1.00. The molecule has 0 fully saturated rings. The molecule has 0 unspecified atom stereocenters. The van der Waals surface area contributed by atoms with Gasteiger partial charge in [-0.15, -0.1) is 0 Å². The number of aliphatic hydroxyl groups excluding tert-OH is 1. The highest BCUT2D eigenvalue weighted by Gasteiger charge is 2.21. The van der Waals surface area contributed by atoms with Gasteiger partial charge in [-0.3, -0.25) is 0 Å². The van der Waals surface area contributed by atoms with Crippen LogP contribution in [0.15, 0.2) is 0 Å². The number of hydrogen-bond donors (Lipinski definition) is 2. The predicted octanol–water partition coefficient (Wildman–Crippen LogP) is 0.322. The molecule has 0 aromatic rings. The van der Waals surface area contributed by atoms with E-state index in [2.05, 4.69) is 19.2 Å². The summed E-state index contributed by atoms with van der Waals surface area (Å²) in [5, 5.41) is 12.0. The monoisotopic (exact) mass is 163 g/mol. The van der Waals surface area contributed by atoms with Crippen LogP contribution >= 0.6 is 0 Å². The maximum Gasteiger partial charge on any atom is 0.0448 e. The zero-order chi connectivity index (χ0) is 8.04. The summed E-state index contributed by atoms with van der Waals surface area (Å²) in [7, 11) is 1.96. The van der Waals surface area contributed by atoms with E-state index >= 15 is 0 Å². The quantitative estimate of drug-likeness (QED) is 0.613. The van der Waals surface area contributed by atoms with Crippen molar-refractivity contribution in [3.8, 4) is 0 Å². The first-order chi connectivity index (χ1) is 4.74. The molecule has 0 aromatic carbocycles. The Balaban J connectivity index is 0. The first kappa shape index (κ1) is 13.5. The lowest BCUT2D eigenvalue weighted by Gasteiger charge is -2.30. The van der Waals surface area contributed by atoms with Crippen molar-refractivity contribution in [3.05, 3.63) is 0 Å². The Morgan fingerprint density at radius 2 is 1.73 bits per heavy atom. The van der Waals surface area contributed by atoms with Gasteiger partial charge in [0.05, 0.1) is 0 Å². The Labute approximate surface area is 69.1 Å². The number of hydrogen-bond acceptors (Lipinski definition) is 2. The molecule has 70 valence electrons. The van der Waals surface area contributed by atoms with Crippen LogP contribution < -0.4 is 5.32 Å². The Hall–Kier alpha value is -0.120. The molecule has 11 heavy (non-hydrogen) atoms. The van der Waals surface area contributed by atoms with Crippen LogP contribution in [0.4, 0.5) is 0 Å². The number of aliphatic hydroxyl groups is 1. The third-order valence-corrected chi connectivity index (χ3v) is 2.47. The second kappa shape index (κ2) is 6.58. The molecule has 0 spiro atoms. The molecule has 0 aliphatic heterocycles. The largest absolute Gasteiger partial charge is 0.412 e. The van der Waals surface area contributed by atoms with Crippen LogP contribution in [-0.2, 0) is 0 Å². The molecule has 0 amide bonds. The van der Waals surface area contributed by atoms with E-state index in [0.717, 1.165) is 19.3 Å². The van der Waals surface area contributed by atoms with E-state index in [-0.39, 0.29) is 17.6 Å². The van der Waals surface area contributed by atoms with Crippen molar-refractivity contribution in [2.75, 3.05) is 13.7 Å². The summed E-state index contributed by atoms with van der Waals surface area (Å²) < 4.78 is 0. The number of nitrogens with one attached hydrogen (secondary N) is 1. The van der Waals surface area contributed by atoms with Crippen molar-refractivity contribution < 1.29 is 10.6 Å². The van der Waals surface area contributed by atoms with Gasteiger partial charge in [-0.05, 0) is 26.3 Å². The second-order valence-electron chi connectivity index (χ2n) is 2.71. The van der Waals surface area contributed by atoms with E-state index in [0.29, 0.717) is 0 Å². The van der Waals surface area contributed by atoms with Crippen LogP contribution in [0.5, 0.6) is 0 Å². The van der Waals surface area contributed by atoms with Crippen molar-refractivity contribution in [2.24, 2.45) is 0 Å². The summed E-state index contributed by atoms with van der Waals surface area (Å²) >= 11 is 0. The second-order valence-corrected chi connectivity index (χ2v) is 2.71. The van der Waals surface area contributed by atoms with Crippen molar-refractivity contribution >= 4 is 0 Å². The zero-order valence-corrected chi connectivity index (χ0v) is 7.78. The Morgan fingerprint density at radius 3 is 1.82 bits per heavy atom. The van der Waals surface area contributed by atoms with Crippen molar-refractivity contribution in [3.63, 3.8) is 0 Å². The lowest BCUT2D eigenvalue weighted by Crippen LogP contribution is -2.42. The van der Waals surface area contributed by atoms with Crippen LogP contribution in [0, 0.1) is 0 Å².